The molecule has 0 spiro atoms. The molecule has 1 fully saturated rings. The highest BCUT2D eigenvalue weighted by Gasteiger charge is 2.15. The van der Waals surface area contributed by atoms with Crippen LogP contribution in [0.2, 0.25) is 0 Å². The van der Waals surface area contributed by atoms with Gasteiger partial charge < -0.3 is 20.3 Å². The van der Waals surface area contributed by atoms with E-state index in [1.54, 1.807) is 0 Å². The summed E-state index contributed by atoms with van der Waals surface area (Å²) in [5.74, 6) is 0. The summed E-state index contributed by atoms with van der Waals surface area (Å²) in [6.45, 7) is 2.23. The fourth-order valence-corrected chi connectivity index (χ4v) is 2.22. The summed E-state index contributed by atoms with van der Waals surface area (Å²) in [5.41, 5.74) is 7.46. The van der Waals surface area contributed by atoms with Crippen LogP contribution in [0.3, 0.4) is 0 Å². The number of nitrogens with two attached hydrogens (primary N) is 1. The molecule has 4 heteroatoms. The van der Waals surface area contributed by atoms with Crippen LogP contribution in [0.5, 0.6) is 0 Å². The first-order valence-corrected chi connectivity index (χ1v) is 6.96. The molecule has 1 aliphatic heterocycles. The van der Waals surface area contributed by atoms with E-state index in [2.05, 4.69) is 0 Å². The largest absolute Gasteiger partial charge is 0.386 e. The molecular formula is C15H23NO3. The number of benzene rings is 1. The third-order valence-corrected chi connectivity index (χ3v) is 3.45. The topological polar surface area (TPSA) is 64.7 Å². The van der Waals surface area contributed by atoms with Gasteiger partial charge in [-0.3, -0.25) is 0 Å². The molecule has 0 saturated carbocycles. The number of rotatable bonds is 6. The molecule has 4 nitrogen and oxygen atoms in total. The molecular weight excluding hydrogens is 242 g/mol. The van der Waals surface area contributed by atoms with Crippen LogP contribution in [-0.2, 0) is 16.0 Å². The fourth-order valence-electron chi connectivity index (χ4n) is 2.22. The van der Waals surface area contributed by atoms with Crippen LogP contribution in [-0.4, -0.2) is 31.0 Å². The van der Waals surface area contributed by atoms with E-state index in [0.29, 0.717) is 19.8 Å². The second-order valence-electron chi connectivity index (χ2n) is 4.99. The maximum absolute atomic E-state index is 10.0. The van der Waals surface area contributed by atoms with Gasteiger partial charge in [0.1, 0.15) is 6.10 Å². The molecule has 0 aliphatic carbocycles. The van der Waals surface area contributed by atoms with E-state index in [9.17, 15) is 5.11 Å². The lowest BCUT2D eigenvalue weighted by molar-refractivity contribution is -0.0574. The minimum Gasteiger partial charge on any atom is -0.386 e. The van der Waals surface area contributed by atoms with Crippen LogP contribution >= 0.6 is 0 Å². The summed E-state index contributed by atoms with van der Waals surface area (Å²) in [6, 6.07) is 7.66. The van der Waals surface area contributed by atoms with Crippen LogP contribution in [0.4, 0.5) is 0 Å². The molecule has 19 heavy (non-hydrogen) atoms. The van der Waals surface area contributed by atoms with E-state index in [-0.39, 0.29) is 6.10 Å². The first-order chi connectivity index (χ1) is 9.29. The molecule has 0 amide bonds. The smallest absolute Gasteiger partial charge is 0.102 e. The van der Waals surface area contributed by atoms with Crippen molar-refractivity contribution in [3.8, 4) is 0 Å². The Bertz CT molecular complexity index is 360. The van der Waals surface area contributed by atoms with Gasteiger partial charge in [-0.15, -0.1) is 0 Å². The SMILES string of the molecule is NCc1ccc(C(O)COCC2CCCCO2)cc1. The summed E-state index contributed by atoms with van der Waals surface area (Å²) in [4.78, 5) is 0. The van der Waals surface area contributed by atoms with Gasteiger partial charge in [-0.1, -0.05) is 24.3 Å². The Kier molecular flexibility index (Phi) is 5.79. The van der Waals surface area contributed by atoms with Gasteiger partial charge in [-0.25, -0.2) is 0 Å². The van der Waals surface area contributed by atoms with Gasteiger partial charge in [0.15, 0.2) is 0 Å². The lowest BCUT2D eigenvalue weighted by Gasteiger charge is -2.23. The predicted octanol–water partition coefficient (Wildman–Crippen LogP) is 1.76. The number of ether oxygens (including phenoxy) is 2. The maximum Gasteiger partial charge on any atom is 0.102 e. The van der Waals surface area contributed by atoms with Crippen LogP contribution in [0.1, 0.15) is 36.5 Å². The second-order valence-corrected chi connectivity index (χ2v) is 4.99. The number of aliphatic hydroxyl groups excluding tert-OH is 1. The van der Waals surface area contributed by atoms with Crippen molar-refractivity contribution in [1.29, 1.82) is 0 Å². The van der Waals surface area contributed by atoms with Crippen molar-refractivity contribution >= 4 is 0 Å². The Labute approximate surface area is 114 Å². The zero-order chi connectivity index (χ0) is 13.5. The zero-order valence-corrected chi connectivity index (χ0v) is 11.3. The van der Waals surface area contributed by atoms with E-state index in [1.807, 2.05) is 24.3 Å². The summed E-state index contributed by atoms with van der Waals surface area (Å²) in [7, 11) is 0. The Morgan fingerprint density at radius 3 is 2.74 bits per heavy atom. The second kappa shape index (κ2) is 7.60. The summed E-state index contributed by atoms with van der Waals surface area (Å²) in [5, 5.41) is 10.0. The van der Waals surface area contributed by atoms with Crippen molar-refractivity contribution < 1.29 is 14.6 Å². The Hall–Kier alpha value is -0.940. The van der Waals surface area contributed by atoms with E-state index in [1.165, 1.54) is 6.42 Å². The molecule has 0 bridgehead atoms. The molecule has 1 aliphatic rings. The highest BCUT2D eigenvalue weighted by atomic mass is 16.5. The zero-order valence-electron chi connectivity index (χ0n) is 11.3. The van der Waals surface area contributed by atoms with Gasteiger partial charge in [0.05, 0.1) is 19.3 Å². The third-order valence-electron chi connectivity index (χ3n) is 3.45. The first kappa shape index (κ1) is 14.5. The molecule has 106 valence electrons. The highest BCUT2D eigenvalue weighted by Crippen LogP contribution is 2.16. The molecule has 2 unspecified atom stereocenters. The Balaban J connectivity index is 1.72. The Morgan fingerprint density at radius 1 is 1.32 bits per heavy atom. The minimum atomic E-state index is -0.588. The first-order valence-electron chi connectivity index (χ1n) is 6.96. The van der Waals surface area contributed by atoms with Gasteiger partial charge in [-0.05, 0) is 30.4 Å². The van der Waals surface area contributed by atoms with Crippen molar-refractivity contribution in [2.75, 3.05) is 19.8 Å². The summed E-state index contributed by atoms with van der Waals surface area (Å²) >= 11 is 0. The van der Waals surface area contributed by atoms with E-state index >= 15 is 0 Å². The third kappa shape index (κ3) is 4.58. The van der Waals surface area contributed by atoms with Crippen LogP contribution in [0.25, 0.3) is 0 Å². The lowest BCUT2D eigenvalue weighted by atomic mass is 10.1. The van der Waals surface area contributed by atoms with Crippen molar-refractivity contribution in [2.24, 2.45) is 5.73 Å². The van der Waals surface area contributed by atoms with Crippen molar-refractivity contribution in [2.45, 2.75) is 38.0 Å². The van der Waals surface area contributed by atoms with E-state index < -0.39 is 6.10 Å². The van der Waals surface area contributed by atoms with Crippen molar-refractivity contribution in [3.63, 3.8) is 0 Å². The number of hydrogen-bond acceptors (Lipinski definition) is 4. The summed E-state index contributed by atoms with van der Waals surface area (Å²) in [6.07, 6.45) is 3.02. The molecule has 0 radical (unpaired) electrons. The Morgan fingerprint density at radius 2 is 2.11 bits per heavy atom. The summed E-state index contributed by atoms with van der Waals surface area (Å²) < 4.78 is 11.1. The minimum absolute atomic E-state index is 0.195. The molecule has 2 atom stereocenters. The lowest BCUT2D eigenvalue weighted by Crippen LogP contribution is -2.25. The van der Waals surface area contributed by atoms with Gasteiger partial charge in [0, 0.05) is 13.2 Å². The van der Waals surface area contributed by atoms with Gasteiger partial charge >= 0.3 is 0 Å². The average Bonchev–Trinajstić information content (AvgIpc) is 2.48. The van der Waals surface area contributed by atoms with E-state index in [0.717, 1.165) is 30.6 Å². The maximum atomic E-state index is 10.0. The molecule has 0 aromatic heterocycles. The monoisotopic (exact) mass is 265 g/mol. The molecule has 2 rings (SSSR count). The molecule has 3 N–H and O–H groups in total. The van der Waals surface area contributed by atoms with Crippen LogP contribution < -0.4 is 5.73 Å². The highest BCUT2D eigenvalue weighted by molar-refractivity contribution is 5.23. The quantitative estimate of drug-likeness (QED) is 0.822. The van der Waals surface area contributed by atoms with Gasteiger partial charge in [-0.2, -0.15) is 0 Å². The average molecular weight is 265 g/mol. The van der Waals surface area contributed by atoms with E-state index in [4.69, 9.17) is 15.2 Å². The standard InChI is InChI=1S/C15H23NO3/c16-9-12-4-6-13(7-5-12)15(17)11-18-10-14-3-1-2-8-19-14/h4-7,14-15,17H,1-3,8-11,16H2. The van der Waals surface area contributed by atoms with Crippen LogP contribution in [0.15, 0.2) is 24.3 Å². The predicted molar refractivity (Wildman–Crippen MR) is 73.7 cm³/mol. The van der Waals surface area contributed by atoms with Gasteiger partial charge in [0.25, 0.3) is 0 Å². The van der Waals surface area contributed by atoms with Crippen molar-refractivity contribution in [3.05, 3.63) is 35.4 Å². The molecule has 1 saturated heterocycles. The molecule has 1 heterocycles. The van der Waals surface area contributed by atoms with Crippen LogP contribution in [0, 0.1) is 0 Å². The molecule has 1 aromatic rings. The molecule has 1 aromatic carbocycles. The van der Waals surface area contributed by atoms with Gasteiger partial charge in [0.2, 0.25) is 0 Å². The number of hydrogen-bond donors (Lipinski definition) is 2. The van der Waals surface area contributed by atoms with Crippen molar-refractivity contribution in [1.82, 2.24) is 0 Å². The number of aliphatic hydroxyl groups is 1. The fraction of sp³-hybridized carbons (Fsp3) is 0.600. The normalized spacial score (nSPS) is 21.3.